The van der Waals surface area contributed by atoms with Crippen LogP contribution >= 0.6 is 0 Å². The maximum absolute atomic E-state index is 13.3. The maximum atomic E-state index is 13.3. The van der Waals surface area contributed by atoms with Crippen LogP contribution in [0.15, 0.2) is 41.4 Å². The molecule has 2 unspecified atom stereocenters. The summed E-state index contributed by atoms with van der Waals surface area (Å²) in [6.07, 6.45) is 0.688. The van der Waals surface area contributed by atoms with Gasteiger partial charge >= 0.3 is 0 Å². The van der Waals surface area contributed by atoms with Crippen molar-refractivity contribution in [3.05, 3.63) is 47.9 Å². The van der Waals surface area contributed by atoms with Crippen LogP contribution in [0.1, 0.15) is 30.3 Å². The molecule has 2 aliphatic rings. The number of carbonyl (C=O) groups excluding carboxylic acids is 1. The Kier molecular flexibility index (Phi) is 5.87. The lowest BCUT2D eigenvalue weighted by Crippen LogP contribution is -2.27. The second-order valence-electron chi connectivity index (χ2n) is 8.74. The normalized spacial score (nSPS) is 21.4. The molecule has 1 aromatic carbocycles. The Bertz CT molecular complexity index is 1490. The number of H-pyrrole nitrogens is 1. The highest BCUT2D eigenvalue weighted by atomic mass is 32.2. The molecule has 10 nitrogen and oxygen atoms in total. The number of alkyl halides is 3. The third-order valence-electron chi connectivity index (χ3n) is 5.87. The number of nitrogens with one attached hydrogen (secondary N) is 4. The standard InChI is InChI=1S/C22H22F3N7O3S/c1-32-6-5-13(31-32)10-3-4-14(16(7-10)36(2,34)35)26-15-9-17(28-22(33)11-8-12(11)23)27-20-18(15)29-21(30-20)19(24)25/h3-7,9,11-13,19,31H,8H2,1-2H3,(H3,26,27,28,29,30,33)/t11?,12-,13?/m0/s1. The Labute approximate surface area is 203 Å². The summed E-state index contributed by atoms with van der Waals surface area (Å²) in [5.74, 6) is -2.07. The summed E-state index contributed by atoms with van der Waals surface area (Å²) < 4.78 is 65.2. The minimum Gasteiger partial charge on any atom is -0.353 e. The Morgan fingerprint density at radius 1 is 1.22 bits per heavy atom. The van der Waals surface area contributed by atoms with E-state index in [1.807, 2.05) is 19.3 Å². The van der Waals surface area contributed by atoms with Crippen molar-refractivity contribution in [2.75, 3.05) is 23.9 Å². The number of fused-ring (bicyclic) bond motifs is 1. The number of aromatic amines is 1. The number of sulfone groups is 1. The molecule has 3 atom stereocenters. The molecule has 1 saturated carbocycles. The van der Waals surface area contributed by atoms with Crippen LogP contribution in [0, 0.1) is 5.92 Å². The molecular formula is C22H22F3N7O3S. The summed E-state index contributed by atoms with van der Waals surface area (Å²) in [4.78, 5) is 22.6. The summed E-state index contributed by atoms with van der Waals surface area (Å²) in [7, 11) is -1.91. The van der Waals surface area contributed by atoms with Crippen LogP contribution in [0.25, 0.3) is 11.2 Å². The van der Waals surface area contributed by atoms with Gasteiger partial charge in [-0.25, -0.2) is 37.0 Å². The number of amides is 1. The highest BCUT2D eigenvalue weighted by Crippen LogP contribution is 2.36. The van der Waals surface area contributed by atoms with Gasteiger partial charge < -0.3 is 20.6 Å². The quantitative estimate of drug-likeness (QED) is 0.372. The van der Waals surface area contributed by atoms with Gasteiger partial charge in [-0.05, 0) is 30.2 Å². The highest BCUT2D eigenvalue weighted by Gasteiger charge is 2.43. The van der Waals surface area contributed by atoms with E-state index in [0.717, 1.165) is 6.26 Å². The van der Waals surface area contributed by atoms with Gasteiger partial charge in [0.1, 0.15) is 17.5 Å². The summed E-state index contributed by atoms with van der Waals surface area (Å²) in [6.45, 7) is 0. The molecule has 1 fully saturated rings. The van der Waals surface area contributed by atoms with E-state index in [0.29, 0.717) is 5.56 Å². The smallest absolute Gasteiger partial charge is 0.295 e. The van der Waals surface area contributed by atoms with Gasteiger partial charge in [-0.3, -0.25) is 4.79 Å². The Morgan fingerprint density at radius 3 is 2.58 bits per heavy atom. The van der Waals surface area contributed by atoms with Gasteiger partial charge in [0.2, 0.25) is 5.91 Å². The van der Waals surface area contributed by atoms with Crippen molar-refractivity contribution < 1.29 is 26.4 Å². The zero-order valence-electron chi connectivity index (χ0n) is 19.1. The average molecular weight is 522 g/mol. The molecule has 1 amide bonds. The van der Waals surface area contributed by atoms with Crippen molar-refractivity contribution in [1.82, 2.24) is 25.4 Å². The van der Waals surface area contributed by atoms with Crippen LogP contribution < -0.4 is 16.1 Å². The number of nitrogens with zero attached hydrogens (tertiary/aromatic N) is 3. The van der Waals surface area contributed by atoms with E-state index in [1.54, 1.807) is 17.1 Å². The van der Waals surface area contributed by atoms with Crippen LogP contribution in [0.2, 0.25) is 0 Å². The molecular weight excluding hydrogens is 499 g/mol. The number of carbonyl (C=O) groups is 1. The second kappa shape index (κ2) is 8.78. The van der Waals surface area contributed by atoms with E-state index < -0.39 is 40.1 Å². The molecule has 4 N–H and O–H groups in total. The van der Waals surface area contributed by atoms with Crippen LogP contribution in [-0.4, -0.2) is 53.8 Å². The number of pyridine rings is 1. The van der Waals surface area contributed by atoms with Crippen molar-refractivity contribution in [2.45, 2.75) is 30.0 Å². The van der Waals surface area contributed by atoms with Crippen LogP contribution in [0.3, 0.4) is 0 Å². The molecule has 5 rings (SSSR count). The Morgan fingerprint density at radius 2 is 1.97 bits per heavy atom. The largest absolute Gasteiger partial charge is 0.353 e. The number of benzene rings is 1. The number of hydrazine groups is 1. The topological polar surface area (TPSA) is 132 Å². The molecule has 0 radical (unpaired) electrons. The third-order valence-corrected chi connectivity index (χ3v) is 7.00. The van der Waals surface area contributed by atoms with Crippen molar-refractivity contribution in [1.29, 1.82) is 0 Å². The summed E-state index contributed by atoms with van der Waals surface area (Å²) in [5, 5.41) is 7.18. The lowest BCUT2D eigenvalue weighted by molar-refractivity contribution is -0.117. The fourth-order valence-corrected chi connectivity index (χ4v) is 4.79. The monoisotopic (exact) mass is 521 g/mol. The lowest BCUT2D eigenvalue weighted by atomic mass is 10.1. The first kappa shape index (κ1) is 24.1. The van der Waals surface area contributed by atoms with Gasteiger partial charge in [0.15, 0.2) is 21.3 Å². The molecule has 0 bridgehead atoms. The summed E-state index contributed by atoms with van der Waals surface area (Å²) in [6, 6.07) is 5.92. The maximum Gasteiger partial charge on any atom is 0.295 e. The zero-order valence-corrected chi connectivity index (χ0v) is 19.9. The van der Waals surface area contributed by atoms with Gasteiger partial charge in [0.25, 0.3) is 6.43 Å². The van der Waals surface area contributed by atoms with Crippen molar-refractivity contribution in [2.24, 2.45) is 5.92 Å². The van der Waals surface area contributed by atoms with Gasteiger partial charge in [-0.2, -0.15) is 0 Å². The zero-order chi connectivity index (χ0) is 25.8. The van der Waals surface area contributed by atoms with Crippen molar-refractivity contribution in [3.63, 3.8) is 0 Å². The van der Waals surface area contributed by atoms with Crippen LogP contribution in [-0.2, 0) is 14.6 Å². The first-order valence-corrected chi connectivity index (χ1v) is 12.8. The van der Waals surface area contributed by atoms with Gasteiger partial charge in [0, 0.05) is 25.6 Å². The molecule has 3 aromatic rings. The summed E-state index contributed by atoms with van der Waals surface area (Å²) >= 11 is 0. The minimum atomic E-state index is -3.72. The molecule has 0 saturated heterocycles. The van der Waals surface area contributed by atoms with E-state index in [1.165, 1.54) is 12.1 Å². The van der Waals surface area contributed by atoms with Crippen molar-refractivity contribution in [3.8, 4) is 0 Å². The minimum absolute atomic E-state index is 0.0212. The molecule has 190 valence electrons. The fourth-order valence-electron chi connectivity index (χ4n) is 3.92. The van der Waals surface area contributed by atoms with Gasteiger partial charge in [0.05, 0.1) is 28.2 Å². The van der Waals surface area contributed by atoms with Gasteiger partial charge in [-0.1, -0.05) is 6.07 Å². The number of rotatable bonds is 7. The Balaban J connectivity index is 1.55. The highest BCUT2D eigenvalue weighted by molar-refractivity contribution is 7.90. The molecule has 14 heteroatoms. The van der Waals surface area contributed by atoms with E-state index >= 15 is 0 Å². The average Bonchev–Trinajstić information content (AvgIpc) is 3.17. The molecule has 36 heavy (non-hydrogen) atoms. The van der Waals surface area contributed by atoms with Crippen LogP contribution in [0.5, 0.6) is 0 Å². The van der Waals surface area contributed by atoms with Crippen LogP contribution in [0.4, 0.5) is 30.4 Å². The van der Waals surface area contributed by atoms with E-state index in [2.05, 4.69) is 31.0 Å². The Hall–Kier alpha value is -3.65. The van der Waals surface area contributed by atoms with E-state index in [4.69, 9.17) is 0 Å². The first-order valence-electron chi connectivity index (χ1n) is 10.9. The summed E-state index contributed by atoms with van der Waals surface area (Å²) in [5.41, 5.74) is 4.13. The molecule has 2 aromatic heterocycles. The fraction of sp³-hybridized carbons (Fsp3) is 0.318. The predicted octanol–water partition coefficient (Wildman–Crippen LogP) is 3.34. The third kappa shape index (κ3) is 4.73. The molecule has 1 aliphatic carbocycles. The number of anilines is 3. The molecule has 1 aliphatic heterocycles. The lowest BCUT2D eigenvalue weighted by Gasteiger charge is -2.18. The first-order chi connectivity index (χ1) is 17.0. The number of halogens is 3. The number of hydrogen-bond donors (Lipinski definition) is 4. The SMILES string of the molecule is CN1C=CC(c2ccc(Nc3cc(NC(=O)C4C[C@@H]4F)nc4nc(C(F)F)[nH]c34)c(S(C)(=O)=O)c2)N1. The number of aromatic nitrogens is 3. The van der Waals surface area contributed by atoms with E-state index in [-0.39, 0.29) is 45.7 Å². The van der Waals surface area contributed by atoms with Gasteiger partial charge in [-0.15, -0.1) is 0 Å². The molecule has 0 spiro atoms. The predicted molar refractivity (Wildman–Crippen MR) is 126 cm³/mol. The second-order valence-corrected chi connectivity index (χ2v) is 10.7. The van der Waals surface area contributed by atoms with Crippen molar-refractivity contribution >= 4 is 44.1 Å². The number of imidazole rings is 1. The molecule has 3 heterocycles. The number of hydrogen-bond acceptors (Lipinski definition) is 8. The van der Waals surface area contributed by atoms with E-state index in [9.17, 15) is 26.4 Å².